The number of ether oxygens (including phenoxy) is 1. The fourth-order valence-electron chi connectivity index (χ4n) is 5.62. The molecule has 2 aliphatic heterocycles. The van der Waals surface area contributed by atoms with E-state index in [4.69, 9.17) is 9.16 Å². The summed E-state index contributed by atoms with van der Waals surface area (Å²) >= 11 is 0. The Morgan fingerprint density at radius 2 is 1.61 bits per heavy atom. The van der Waals surface area contributed by atoms with Crippen LogP contribution >= 0.6 is 0 Å². The van der Waals surface area contributed by atoms with E-state index in [1.54, 1.807) is 0 Å². The van der Waals surface area contributed by atoms with Crippen LogP contribution in [0.1, 0.15) is 55.1 Å². The van der Waals surface area contributed by atoms with Gasteiger partial charge in [0.1, 0.15) is 6.10 Å². The summed E-state index contributed by atoms with van der Waals surface area (Å²) in [5.74, 6) is 0.117. The second-order valence-electron chi connectivity index (χ2n) is 13.6. The van der Waals surface area contributed by atoms with Crippen molar-refractivity contribution in [2.24, 2.45) is 0 Å². The number of carbonyl (C=O) groups excluding carboxylic acids is 2. The second kappa shape index (κ2) is 13.7. The van der Waals surface area contributed by atoms with Crippen molar-refractivity contribution in [1.29, 1.82) is 0 Å². The van der Waals surface area contributed by atoms with Crippen LogP contribution < -0.4 is 5.32 Å². The van der Waals surface area contributed by atoms with Gasteiger partial charge in [0.15, 0.2) is 8.32 Å². The standard InChI is InChI=1S/C36H47N3O4Si/c1-36(2,3)44(4,5)42-26-27-15-16-29-17-22-39(34(40)32(29)25-27)24-23-38-20-18-30(19-21-38)43-35(41)37-33-14-10-9-13-31(33)28-11-7-6-8-12-28/h6-16,25,30H,17-24,26H2,1-5H3,(H,37,41). The van der Waals surface area contributed by atoms with Crippen molar-refractivity contribution in [3.8, 4) is 11.1 Å². The molecular weight excluding hydrogens is 566 g/mol. The van der Waals surface area contributed by atoms with Gasteiger partial charge >= 0.3 is 6.09 Å². The molecule has 3 aromatic rings. The van der Waals surface area contributed by atoms with E-state index >= 15 is 0 Å². The van der Waals surface area contributed by atoms with Crippen LogP contribution in [0.5, 0.6) is 0 Å². The van der Waals surface area contributed by atoms with Crippen LogP contribution in [0.25, 0.3) is 11.1 Å². The van der Waals surface area contributed by atoms with Crippen molar-refractivity contribution in [2.75, 3.05) is 38.0 Å². The highest BCUT2D eigenvalue weighted by Crippen LogP contribution is 2.37. The van der Waals surface area contributed by atoms with Gasteiger partial charge in [-0.2, -0.15) is 0 Å². The molecule has 3 aromatic carbocycles. The molecule has 44 heavy (non-hydrogen) atoms. The average molecular weight is 614 g/mol. The van der Waals surface area contributed by atoms with Crippen molar-refractivity contribution in [3.05, 3.63) is 89.5 Å². The first kappa shape index (κ1) is 31.9. The summed E-state index contributed by atoms with van der Waals surface area (Å²) in [5.41, 5.74) is 5.76. The molecule has 0 spiro atoms. The molecule has 0 unspecified atom stereocenters. The number of para-hydroxylation sites is 1. The number of hydrogen-bond donors (Lipinski definition) is 1. The minimum Gasteiger partial charge on any atom is -0.446 e. The molecule has 0 aromatic heterocycles. The van der Waals surface area contributed by atoms with E-state index in [1.165, 1.54) is 0 Å². The van der Waals surface area contributed by atoms with Gasteiger partial charge in [-0.25, -0.2) is 4.79 Å². The molecular formula is C36H47N3O4Si. The summed E-state index contributed by atoms with van der Waals surface area (Å²) < 4.78 is 12.2. The zero-order valence-electron chi connectivity index (χ0n) is 26.9. The lowest BCUT2D eigenvalue weighted by Crippen LogP contribution is -2.45. The largest absolute Gasteiger partial charge is 0.446 e. The number of amides is 2. The molecule has 1 N–H and O–H groups in total. The van der Waals surface area contributed by atoms with Crippen LogP contribution in [0.3, 0.4) is 0 Å². The van der Waals surface area contributed by atoms with Gasteiger partial charge in [-0.15, -0.1) is 0 Å². The highest BCUT2D eigenvalue weighted by Gasteiger charge is 2.37. The predicted octanol–water partition coefficient (Wildman–Crippen LogP) is 7.59. The lowest BCUT2D eigenvalue weighted by Gasteiger charge is -2.36. The lowest BCUT2D eigenvalue weighted by atomic mass is 9.97. The van der Waals surface area contributed by atoms with E-state index in [-0.39, 0.29) is 17.0 Å². The molecule has 234 valence electrons. The summed E-state index contributed by atoms with van der Waals surface area (Å²) in [5, 5.41) is 3.10. The Balaban J connectivity index is 1.08. The first-order valence-corrected chi connectivity index (χ1v) is 18.8. The number of hydrogen-bond acceptors (Lipinski definition) is 5. The molecule has 0 aliphatic carbocycles. The number of rotatable bonds is 9. The Hall–Kier alpha value is -3.46. The molecule has 0 bridgehead atoms. The van der Waals surface area contributed by atoms with Crippen molar-refractivity contribution < 1.29 is 18.8 Å². The van der Waals surface area contributed by atoms with Crippen LogP contribution in [0, 0.1) is 0 Å². The Bertz CT molecular complexity index is 1450. The minimum atomic E-state index is -1.87. The van der Waals surface area contributed by atoms with Gasteiger partial charge in [-0.3, -0.25) is 10.1 Å². The zero-order valence-corrected chi connectivity index (χ0v) is 27.9. The van der Waals surface area contributed by atoms with Gasteiger partial charge in [-0.1, -0.05) is 81.4 Å². The molecule has 0 radical (unpaired) electrons. The Labute approximate surface area is 263 Å². The van der Waals surface area contributed by atoms with Gasteiger partial charge in [0.05, 0.1) is 12.3 Å². The number of fused-ring (bicyclic) bond motifs is 1. The molecule has 1 saturated heterocycles. The van der Waals surface area contributed by atoms with Crippen molar-refractivity contribution >= 4 is 26.0 Å². The normalized spacial score (nSPS) is 16.5. The third-order valence-corrected chi connectivity index (χ3v) is 14.0. The molecule has 1 fully saturated rings. The first-order chi connectivity index (χ1) is 21.0. The number of nitrogens with one attached hydrogen (secondary N) is 1. The molecule has 2 aliphatic rings. The third kappa shape index (κ3) is 7.78. The maximum Gasteiger partial charge on any atom is 0.411 e. The Kier molecular flexibility index (Phi) is 9.93. The van der Waals surface area contributed by atoms with E-state index in [0.29, 0.717) is 13.2 Å². The summed E-state index contributed by atoms with van der Waals surface area (Å²) in [7, 11) is -1.87. The molecule has 8 heteroatoms. The van der Waals surface area contributed by atoms with Crippen LogP contribution in [0.15, 0.2) is 72.8 Å². The Morgan fingerprint density at radius 1 is 0.909 bits per heavy atom. The predicted molar refractivity (Wildman–Crippen MR) is 179 cm³/mol. The van der Waals surface area contributed by atoms with Crippen molar-refractivity contribution in [2.45, 2.75) is 70.9 Å². The first-order valence-electron chi connectivity index (χ1n) is 15.9. The van der Waals surface area contributed by atoms with Crippen molar-refractivity contribution in [1.82, 2.24) is 9.80 Å². The van der Waals surface area contributed by atoms with Crippen LogP contribution in [-0.4, -0.2) is 68.9 Å². The smallest absolute Gasteiger partial charge is 0.411 e. The van der Waals surface area contributed by atoms with E-state index in [2.05, 4.69) is 56.2 Å². The quantitative estimate of drug-likeness (QED) is 0.252. The molecule has 0 atom stereocenters. The third-order valence-electron chi connectivity index (χ3n) is 9.49. The molecule has 2 heterocycles. The fraction of sp³-hybridized carbons (Fsp3) is 0.444. The number of carbonyl (C=O) groups is 2. The average Bonchev–Trinajstić information content (AvgIpc) is 3.01. The highest BCUT2D eigenvalue weighted by atomic mass is 28.4. The molecule has 5 rings (SSSR count). The number of piperidine rings is 1. The summed E-state index contributed by atoms with van der Waals surface area (Å²) in [4.78, 5) is 30.6. The van der Waals surface area contributed by atoms with Crippen LogP contribution in [0.2, 0.25) is 18.1 Å². The van der Waals surface area contributed by atoms with Crippen molar-refractivity contribution in [3.63, 3.8) is 0 Å². The number of likely N-dealkylation sites (tertiary alicyclic amines) is 1. The molecule has 2 amide bonds. The summed E-state index contributed by atoms with van der Waals surface area (Å²) in [6.07, 6.45) is 1.90. The number of benzene rings is 3. The number of nitrogens with zero attached hydrogens (tertiary/aromatic N) is 2. The van der Waals surface area contributed by atoms with Gasteiger partial charge < -0.3 is 19.0 Å². The Morgan fingerprint density at radius 3 is 2.34 bits per heavy atom. The molecule has 0 saturated carbocycles. The van der Waals surface area contributed by atoms with Gasteiger partial charge in [0.25, 0.3) is 5.91 Å². The summed E-state index contributed by atoms with van der Waals surface area (Å²) in [6.45, 7) is 15.7. The maximum absolute atomic E-state index is 13.5. The maximum atomic E-state index is 13.5. The van der Waals surface area contributed by atoms with Gasteiger partial charge in [0, 0.05) is 43.9 Å². The van der Waals surface area contributed by atoms with E-state index in [1.807, 2.05) is 65.6 Å². The van der Waals surface area contributed by atoms with Crippen LogP contribution in [-0.2, 0) is 22.2 Å². The van der Waals surface area contributed by atoms with Crippen LogP contribution in [0.4, 0.5) is 10.5 Å². The lowest BCUT2D eigenvalue weighted by molar-refractivity contribution is 0.0517. The number of anilines is 1. The van der Waals surface area contributed by atoms with Gasteiger partial charge in [-0.05, 0) is 66.2 Å². The van der Waals surface area contributed by atoms with E-state index < -0.39 is 14.4 Å². The van der Waals surface area contributed by atoms with Gasteiger partial charge in [0.2, 0.25) is 0 Å². The zero-order chi connectivity index (χ0) is 31.3. The van der Waals surface area contributed by atoms with E-state index in [9.17, 15) is 9.59 Å². The SMILES string of the molecule is CC(C)(C)[Si](C)(C)OCc1ccc2c(c1)C(=O)N(CCN1CCC(OC(=O)Nc3ccccc3-c3ccccc3)CC1)CC2. The topological polar surface area (TPSA) is 71.1 Å². The summed E-state index contributed by atoms with van der Waals surface area (Å²) in [6, 6.07) is 24.1. The fourth-order valence-corrected chi connectivity index (χ4v) is 6.58. The molecule has 7 nitrogen and oxygen atoms in total. The highest BCUT2D eigenvalue weighted by molar-refractivity contribution is 6.74. The van der Waals surface area contributed by atoms with E-state index in [0.717, 1.165) is 78.9 Å². The monoisotopic (exact) mass is 613 g/mol. The minimum absolute atomic E-state index is 0.117. The second-order valence-corrected chi connectivity index (χ2v) is 18.4.